The second kappa shape index (κ2) is 12.1. The topological polar surface area (TPSA) is 88.1 Å². The Balaban J connectivity index is 1.52. The summed E-state index contributed by atoms with van der Waals surface area (Å²) in [6, 6.07) is 11.9. The summed E-state index contributed by atoms with van der Waals surface area (Å²) in [5, 5.41) is 13.0. The van der Waals surface area contributed by atoms with Crippen LogP contribution in [0.4, 0.5) is 10.5 Å². The van der Waals surface area contributed by atoms with E-state index >= 15 is 0 Å². The number of benzene rings is 2. The van der Waals surface area contributed by atoms with Crippen LogP contribution in [0.15, 0.2) is 42.5 Å². The largest absolute Gasteiger partial charge is 0.492 e. The van der Waals surface area contributed by atoms with Gasteiger partial charge in [-0.1, -0.05) is 35.3 Å². The van der Waals surface area contributed by atoms with Gasteiger partial charge in [0.1, 0.15) is 12.4 Å². The van der Waals surface area contributed by atoms with Crippen LogP contribution < -0.4 is 10.1 Å². The third kappa shape index (κ3) is 8.11. The summed E-state index contributed by atoms with van der Waals surface area (Å²) in [4.78, 5) is 25.8. The Morgan fingerprint density at radius 3 is 2.52 bits per heavy atom. The van der Waals surface area contributed by atoms with Gasteiger partial charge in [0, 0.05) is 24.6 Å². The van der Waals surface area contributed by atoms with Crippen LogP contribution in [0, 0.1) is 5.92 Å². The molecule has 1 atom stereocenters. The van der Waals surface area contributed by atoms with Gasteiger partial charge < -0.3 is 24.8 Å². The van der Waals surface area contributed by atoms with Crippen LogP contribution in [-0.2, 0) is 16.0 Å². The number of nitrogens with zero attached hydrogens (tertiary/aromatic N) is 1. The molecule has 1 aliphatic rings. The molecule has 0 bridgehead atoms. The summed E-state index contributed by atoms with van der Waals surface area (Å²) in [6.07, 6.45) is 1.65. The molecule has 2 aromatic carbocycles. The molecule has 33 heavy (non-hydrogen) atoms. The normalized spacial score (nSPS) is 13.9. The third-order valence-electron chi connectivity index (χ3n) is 5.25. The molecule has 7 nitrogen and oxygen atoms in total. The van der Waals surface area contributed by atoms with Gasteiger partial charge in [-0.05, 0) is 61.6 Å². The fourth-order valence-electron chi connectivity index (χ4n) is 3.30. The predicted molar refractivity (Wildman–Crippen MR) is 128 cm³/mol. The van der Waals surface area contributed by atoms with E-state index in [-0.39, 0.29) is 12.5 Å². The average molecular weight is 495 g/mol. The quantitative estimate of drug-likeness (QED) is 0.415. The molecule has 2 aromatic rings. The van der Waals surface area contributed by atoms with Gasteiger partial charge in [-0.3, -0.25) is 0 Å². The van der Waals surface area contributed by atoms with Gasteiger partial charge in [-0.2, -0.15) is 0 Å². The van der Waals surface area contributed by atoms with Gasteiger partial charge in [-0.15, -0.1) is 0 Å². The van der Waals surface area contributed by atoms with E-state index in [9.17, 15) is 14.7 Å². The molecule has 1 aliphatic carbocycles. The summed E-state index contributed by atoms with van der Waals surface area (Å²) < 4.78 is 11.1. The van der Waals surface area contributed by atoms with Crippen molar-refractivity contribution in [3.8, 4) is 5.75 Å². The van der Waals surface area contributed by atoms with Crippen molar-refractivity contribution >= 4 is 40.9 Å². The van der Waals surface area contributed by atoms with Gasteiger partial charge in [0.05, 0.1) is 17.3 Å². The Hall–Kier alpha value is -2.48. The van der Waals surface area contributed by atoms with Gasteiger partial charge in [0.2, 0.25) is 0 Å². The number of amides is 2. The number of rotatable bonds is 12. The lowest BCUT2D eigenvalue weighted by Gasteiger charge is -2.23. The van der Waals surface area contributed by atoms with Crippen molar-refractivity contribution in [3.63, 3.8) is 0 Å². The number of anilines is 1. The van der Waals surface area contributed by atoms with Gasteiger partial charge >= 0.3 is 12.0 Å². The van der Waals surface area contributed by atoms with Crippen molar-refractivity contribution in [1.82, 2.24) is 4.90 Å². The lowest BCUT2D eigenvalue weighted by atomic mass is 10.1. The van der Waals surface area contributed by atoms with E-state index in [2.05, 4.69) is 5.32 Å². The lowest BCUT2D eigenvalue weighted by Crippen LogP contribution is -2.39. The molecule has 0 aliphatic heterocycles. The molecule has 3 rings (SSSR count). The molecule has 9 heteroatoms. The smallest absolute Gasteiger partial charge is 0.333 e. The number of aliphatic carboxylic acids is 1. The van der Waals surface area contributed by atoms with E-state index < -0.39 is 12.1 Å². The summed E-state index contributed by atoms with van der Waals surface area (Å²) >= 11 is 12.1. The summed E-state index contributed by atoms with van der Waals surface area (Å²) in [5.74, 6) is 0.184. The predicted octanol–water partition coefficient (Wildman–Crippen LogP) is 5.35. The van der Waals surface area contributed by atoms with Crippen LogP contribution in [0.1, 0.15) is 25.3 Å². The molecule has 1 saturated carbocycles. The second-order valence-electron chi connectivity index (χ2n) is 7.92. The van der Waals surface area contributed by atoms with Crippen LogP contribution in [0.2, 0.25) is 10.0 Å². The lowest BCUT2D eigenvalue weighted by molar-refractivity contribution is -0.149. The van der Waals surface area contributed by atoms with Gasteiger partial charge in [0.15, 0.2) is 6.10 Å². The average Bonchev–Trinajstić information content (AvgIpc) is 3.60. The number of hydrogen-bond donors (Lipinski definition) is 2. The maximum Gasteiger partial charge on any atom is 0.333 e. The minimum absolute atomic E-state index is 0.235. The number of carbonyl (C=O) groups is 2. The minimum Gasteiger partial charge on any atom is -0.492 e. The van der Waals surface area contributed by atoms with Crippen molar-refractivity contribution in [2.75, 3.05) is 31.6 Å². The molecule has 0 aromatic heterocycles. The zero-order valence-corrected chi connectivity index (χ0v) is 19.9. The van der Waals surface area contributed by atoms with Crippen LogP contribution in [-0.4, -0.2) is 54.4 Å². The Bertz CT molecular complexity index is 950. The van der Waals surface area contributed by atoms with E-state index in [0.717, 1.165) is 18.4 Å². The molecule has 1 unspecified atom stereocenters. The first-order chi connectivity index (χ1) is 15.9. The fraction of sp³-hybridized carbons (Fsp3) is 0.417. The third-order valence-corrected chi connectivity index (χ3v) is 5.80. The van der Waals surface area contributed by atoms with Crippen molar-refractivity contribution in [2.24, 2.45) is 5.92 Å². The SMILES string of the molecule is CCOC(Cc1ccc(OCCN(CC2CC2)C(=O)Nc2ccc(Cl)cc2Cl)cc1)C(=O)O. The van der Waals surface area contributed by atoms with Gasteiger partial charge in [-0.25, -0.2) is 9.59 Å². The molecule has 2 amide bonds. The fourth-order valence-corrected chi connectivity index (χ4v) is 3.76. The first-order valence-electron chi connectivity index (χ1n) is 10.9. The van der Waals surface area contributed by atoms with E-state index in [4.69, 9.17) is 32.7 Å². The number of hydrogen-bond acceptors (Lipinski definition) is 4. The molecule has 0 heterocycles. The molecule has 0 radical (unpaired) electrons. The Kier molecular flexibility index (Phi) is 9.23. The zero-order valence-electron chi connectivity index (χ0n) is 18.4. The number of carboxylic acid groups (broad SMARTS) is 1. The monoisotopic (exact) mass is 494 g/mol. The molecular weight excluding hydrogens is 467 g/mol. The first kappa shape index (κ1) is 25.1. The van der Waals surface area contributed by atoms with Crippen molar-refractivity contribution < 1.29 is 24.2 Å². The van der Waals surface area contributed by atoms with E-state index in [0.29, 0.717) is 53.7 Å². The van der Waals surface area contributed by atoms with Crippen LogP contribution in [0.5, 0.6) is 5.75 Å². The van der Waals surface area contributed by atoms with Gasteiger partial charge in [0.25, 0.3) is 0 Å². The Labute approximate surface area is 203 Å². The van der Waals surface area contributed by atoms with Crippen LogP contribution >= 0.6 is 23.2 Å². The van der Waals surface area contributed by atoms with Crippen molar-refractivity contribution in [2.45, 2.75) is 32.3 Å². The highest BCUT2D eigenvalue weighted by Crippen LogP contribution is 2.30. The highest BCUT2D eigenvalue weighted by Gasteiger charge is 2.27. The molecule has 1 fully saturated rings. The maximum absolute atomic E-state index is 12.8. The molecule has 2 N–H and O–H groups in total. The standard InChI is InChI=1S/C24H28Cl2N2O5/c1-2-32-22(23(29)30)13-16-5-8-19(9-6-16)33-12-11-28(15-17-3-4-17)24(31)27-21-10-7-18(25)14-20(21)26/h5-10,14,17,22H,2-4,11-13,15H2,1H3,(H,27,31)(H,29,30). The van der Waals surface area contributed by atoms with E-state index in [1.807, 2.05) is 12.1 Å². The number of urea groups is 1. The number of halogens is 2. The number of ether oxygens (including phenoxy) is 2. The Morgan fingerprint density at radius 2 is 1.91 bits per heavy atom. The molecule has 178 valence electrons. The second-order valence-corrected chi connectivity index (χ2v) is 8.77. The number of nitrogens with one attached hydrogen (secondary N) is 1. The molecule has 0 spiro atoms. The molecular formula is C24H28Cl2N2O5. The maximum atomic E-state index is 12.8. The van der Waals surface area contributed by atoms with Crippen LogP contribution in [0.3, 0.4) is 0 Å². The minimum atomic E-state index is -0.980. The summed E-state index contributed by atoms with van der Waals surface area (Å²) in [6.45, 7) is 3.51. The first-order valence-corrected chi connectivity index (χ1v) is 11.7. The van der Waals surface area contributed by atoms with Crippen molar-refractivity contribution in [3.05, 3.63) is 58.1 Å². The number of carbonyl (C=O) groups excluding carboxylic acids is 1. The summed E-state index contributed by atoms with van der Waals surface area (Å²) in [5.41, 5.74) is 1.35. The molecule has 0 saturated heterocycles. The number of carboxylic acids is 1. The summed E-state index contributed by atoms with van der Waals surface area (Å²) in [7, 11) is 0. The highest BCUT2D eigenvalue weighted by molar-refractivity contribution is 6.36. The van der Waals surface area contributed by atoms with E-state index in [1.165, 1.54) is 0 Å². The highest BCUT2D eigenvalue weighted by atomic mass is 35.5. The Morgan fingerprint density at radius 1 is 1.18 bits per heavy atom. The zero-order chi connectivity index (χ0) is 23.8. The van der Waals surface area contributed by atoms with E-state index in [1.54, 1.807) is 42.2 Å². The van der Waals surface area contributed by atoms with Crippen molar-refractivity contribution in [1.29, 1.82) is 0 Å². The van der Waals surface area contributed by atoms with Crippen LogP contribution in [0.25, 0.3) is 0 Å².